The fourth-order valence-corrected chi connectivity index (χ4v) is 3.45. The van der Waals surface area contributed by atoms with Gasteiger partial charge in [-0.25, -0.2) is 0 Å². The summed E-state index contributed by atoms with van der Waals surface area (Å²) in [4.78, 5) is 12.5. The largest absolute Gasteiger partial charge is 0.494 e. The van der Waals surface area contributed by atoms with Crippen LogP contribution in [-0.2, 0) is 11.3 Å². The van der Waals surface area contributed by atoms with Crippen LogP contribution in [0.25, 0.3) is 0 Å². The number of aromatic nitrogens is 1. The highest BCUT2D eigenvalue weighted by molar-refractivity contribution is 7.99. The molecule has 1 heterocycles. The molecule has 25 heavy (non-hydrogen) atoms. The molecule has 0 aliphatic carbocycles. The molecule has 144 valence electrons. The van der Waals surface area contributed by atoms with Gasteiger partial charge in [0.2, 0.25) is 11.8 Å². The highest BCUT2D eigenvalue weighted by atomic mass is 32.2. The van der Waals surface area contributed by atoms with Crippen molar-refractivity contribution in [2.75, 3.05) is 12.3 Å². The molecular weight excluding hydrogens is 336 g/mol. The van der Waals surface area contributed by atoms with Crippen LogP contribution in [0.5, 0.6) is 11.8 Å². The zero-order valence-electron chi connectivity index (χ0n) is 15.9. The summed E-state index contributed by atoms with van der Waals surface area (Å²) >= 11 is 1.51. The van der Waals surface area contributed by atoms with Gasteiger partial charge in [-0.1, -0.05) is 40.0 Å². The first-order valence-electron chi connectivity index (χ1n) is 9.46. The lowest BCUT2D eigenvalue weighted by Crippen LogP contribution is -2.24. The average Bonchev–Trinajstić information content (AvgIpc) is 2.81. The van der Waals surface area contributed by atoms with Crippen molar-refractivity contribution in [2.24, 2.45) is 5.92 Å². The zero-order valence-corrected chi connectivity index (χ0v) is 16.7. The highest BCUT2D eigenvalue weighted by Gasteiger charge is 2.13. The van der Waals surface area contributed by atoms with E-state index >= 15 is 0 Å². The number of nitrogens with one attached hydrogen (secondary N) is 1. The number of carbonyl (C=O) groups excluding carboxylic acids is 1. The first-order chi connectivity index (χ1) is 12.0. The first kappa shape index (κ1) is 21.7. The van der Waals surface area contributed by atoms with Crippen LogP contribution in [0, 0.1) is 5.92 Å². The van der Waals surface area contributed by atoms with Gasteiger partial charge < -0.3 is 15.5 Å². The van der Waals surface area contributed by atoms with Gasteiger partial charge in [-0.2, -0.15) is 0 Å². The summed E-state index contributed by atoms with van der Waals surface area (Å²) in [5, 5.41) is 22.9. The molecule has 3 N–H and O–H groups in total. The molecule has 6 heteroatoms. The van der Waals surface area contributed by atoms with Gasteiger partial charge in [-0.15, -0.1) is 11.8 Å². The monoisotopic (exact) mass is 370 g/mol. The third-order valence-corrected chi connectivity index (χ3v) is 5.03. The van der Waals surface area contributed by atoms with E-state index in [0.717, 1.165) is 48.8 Å². The molecule has 1 amide bonds. The number of rotatable bonds is 13. The Kier molecular flexibility index (Phi) is 10.5. The minimum Gasteiger partial charge on any atom is -0.494 e. The Morgan fingerprint density at radius 3 is 2.64 bits per heavy atom. The summed E-state index contributed by atoms with van der Waals surface area (Å²) in [6, 6.07) is 1.61. The van der Waals surface area contributed by atoms with Crippen LogP contribution in [0.3, 0.4) is 0 Å². The number of aromatic hydroxyl groups is 2. The molecule has 1 aromatic heterocycles. The SMILES string of the molecule is CCSc1cc(O)n(CCCCCC(=O)NCCCCC(C)C)c1O. The lowest BCUT2D eigenvalue weighted by Gasteiger charge is -2.08. The van der Waals surface area contributed by atoms with Crippen molar-refractivity contribution in [3.05, 3.63) is 6.07 Å². The van der Waals surface area contributed by atoms with Gasteiger partial charge >= 0.3 is 0 Å². The number of thioether (sulfide) groups is 1. The first-order valence-corrected chi connectivity index (χ1v) is 10.4. The molecule has 0 aromatic carbocycles. The summed E-state index contributed by atoms with van der Waals surface area (Å²) in [7, 11) is 0. The Balaban J connectivity index is 2.13. The molecule has 0 aliphatic rings. The molecule has 0 aliphatic heterocycles. The van der Waals surface area contributed by atoms with E-state index in [9.17, 15) is 15.0 Å². The van der Waals surface area contributed by atoms with E-state index in [1.54, 1.807) is 6.07 Å². The minimum atomic E-state index is 0.104. The molecule has 0 saturated heterocycles. The Hall–Kier alpha value is -1.30. The van der Waals surface area contributed by atoms with Crippen molar-refractivity contribution in [3.63, 3.8) is 0 Å². The van der Waals surface area contributed by atoms with Gasteiger partial charge in [0.25, 0.3) is 0 Å². The fourth-order valence-electron chi connectivity index (χ4n) is 2.71. The van der Waals surface area contributed by atoms with Crippen molar-refractivity contribution in [1.82, 2.24) is 9.88 Å². The van der Waals surface area contributed by atoms with Gasteiger partial charge in [0.15, 0.2) is 5.88 Å². The third-order valence-electron chi connectivity index (χ3n) is 4.13. The molecule has 0 unspecified atom stereocenters. The molecule has 5 nitrogen and oxygen atoms in total. The molecule has 0 fully saturated rings. The van der Waals surface area contributed by atoms with E-state index < -0.39 is 0 Å². The van der Waals surface area contributed by atoms with Crippen LogP contribution in [-0.4, -0.2) is 33.0 Å². The predicted octanol–water partition coefficient (Wildman–Crippen LogP) is 4.51. The Labute approximate surface area is 156 Å². The molecule has 1 rings (SSSR count). The number of nitrogens with zero attached hydrogens (tertiary/aromatic N) is 1. The fraction of sp³-hybridized carbons (Fsp3) is 0.737. The van der Waals surface area contributed by atoms with E-state index in [1.807, 2.05) is 6.92 Å². The van der Waals surface area contributed by atoms with Gasteiger partial charge in [-0.05, 0) is 30.9 Å². The molecule has 1 aromatic rings. The van der Waals surface area contributed by atoms with Gasteiger partial charge in [0.1, 0.15) is 0 Å². The van der Waals surface area contributed by atoms with Crippen molar-refractivity contribution in [3.8, 4) is 11.8 Å². The van der Waals surface area contributed by atoms with E-state index in [-0.39, 0.29) is 17.7 Å². The van der Waals surface area contributed by atoms with Crippen LogP contribution in [0.4, 0.5) is 0 Å². The van der Waals surface area contributed by atoms with Crippen LogP contribution < -0.4 is 5.32 Å². The Morgan fingerprint density at radius 2 is 1.96 bits per heavy atom. The Bertz CT molecular complexity index is 515. The molecule has 0 bridgehead atoms. The van der Waals surface area contributed by atoms with Crippen LogP contribution in [0.15, 0.2) is 11.0 Å². The minimum absolute atomic E-state index is 0.104. The maximum Gasteiger partial charge on any atom is 0.219 e. The number of amides is 1. The summed E-state index contributed by atoms with van der Waals surface area (Å²) in [6.45, 7) is 7.78. The summed E-state index contributed by atoms with van der Waals surface area (Å²) in [5.41, 5.74) is 0. The lowest BCUT2D eigenvalue weighted by atomic mass is 10.1. The van der Waals surface area contributed by atoms with Crippen molar-refractivity contribution in [1.29, 1.82) is 0 Å². The Morgan fingerprint density at radius 1 is 1.20 bits per heavy atom. The molecule has 0 spiro atoms. The van der Waals surface area contributed by atoms with Crippen molar-refractivity contribution in [2.45, 2.75) is 77.2 Å². The van der Waals surface area contributed by atoms with Gasteiger partial charge in [-0.3, -0.25) is 9.36 Å². The zero-order chi connectivity index (χ0) is 18.7. The smallest absolute Gasteiger partial charge is 0.219 e. The van der Waals surface area contributed by atoms with E-state index in [1.165, 1.54) is 29.2 Å². The molecule has 0 atom stereocenters. The van der Waals surface area contributed by atoms with Gasteiger partial charge in [0, 0.05) is 25.6 Å². The van der Waals surface area contributed by atoms with E-state index in [2.05, 4.69) is 19.2 Å². The number of hydrogen-bond donors (Lipinski definition) is 3. The average molecular weight is 371 g/mol. The van der Waals surface area contributed by atoms with Crippen LogP contribution in [0.2, 0.25) is 0 Å². The third kappa shape index (κ3) is 8.56. The number of unbranched alkanes of at least 4 members (excludes halogenated alkanes) is 3. The summed E-state index contributed by atoms with van der Waals surface area (Å²) in [6.07, 6.45) is 6.53. The number of hydrogen-bond acceptors (Lipinski definition) is 4. The van der Waals surface area contributed by atoms with E-state index in [4.69, 9.17) is 0 Å². The van der Waals surface area contributed by atoms with Crippen LogP contribution >= 0.6 is 11.8 Å². The lowest BCUT2D eigenvalue weighted by molar-refractivity contribution is -0.121. The van der Waals surface area contributed by atoms with Gasteiger partial charge in [0.05, 0.1) is 4.90 Å². The van der Waals surface area contributed by atoms with E-state index in [0.29, 0.717) is 13.0 Å². The topological polar surface area (TPSA) is 74.5 Å². The predicted molar refractivity (Wildman–Crippen MR) is 104 cm³/mol. The normalized spacial score (nSPS) is 11.2. The maximum absolute atomic E-state index is 11.8. The summed E-state index contributed by atoms with van der Waals surface area (Å²) in [5.74, 6) is 1.95. The second-order valence-corrected chi connectivity index (χ2v) is 8.13. The molecule has 0 radical (unpaired) electrons. The second kappa shape index (κ2) is 12.1. The molecule has 0 saturated carbocycles. The maximum atomic E-state index is 11.8. The quantitative estimate of drug-likeness (QED) is 0.353. The number of carbonyl (C=O) groups is 1. The van der Waals surface area contributed by atoms with Crippen molar-refractivity contribution >= 4 is 17.7 Å². The molecular formula is C19H34N2O3S. The highest BCUT2D eigenvalue weighted by Crippen LogP contribution is 2.35. The van der Waals surface area contributed by atoms with Crippen molar-refractivity contribution < 1.29 is 15.0 Å². The summed E-state index contributed by atoms with van der Waals surface area (Å²) < 4.78 is 1.53. The van der Waals surface area contributed by atoms with Crippen LogP contribution in [0.1, 0.15) is 65.7 Å². The standard InChI is InChI=1S/C19H34N2O3S/c1-4-25-16-14-18(23)21(19(16)24)13-9-5-6-11-17(22)20-12-8-7-10-15(2)3/h14-15,23-24H,4-13H2,1-3H3,(H,20,22). The second-order valence-electron chi connectivity index (χ2n) is 6.83.